The third-order valence-corrected chi connectivity index (χ3v) is 5.93. The lowest BCUT2D eigenvalue weighted by Gasteiger charge is -2.14. The van der Waals surface area contributed by atoms with Gasteiger partial charge in [-0.1, -0.05) is 35.3 Å². The normalized spacial score (nSPS) is 11.8. The molecular formula is C25H14Cl2F3N3O2. The van der Waals surface area contributed by atoms with Crippen LogP contribution >= 0.6 is 23.2 Å². The lowest BCUT2D eigenvalue weighted by atomic mass is 10.1. The highest BCUT2D eigenvalue weighted by molar-refractivity contribution is 6.32. The Hall–Kier alpha value is -3.62. The Balaban J connectivity index is 1.70. The fourth-order valence-electron chi connectivity index (χ4n) is 3.92. The lowest BCUT2D eigenvalue weighted by Crippen LogP contribution is -2.18. The number of ketones is 1. The summed E-state index contributed by atoms with van der Waals surface area (Å²) in [7, 11) is 0. The van der Waals surface area contributed by atoms with Crippen LogP contribution in [0.1, 0.15) is 27.5 Å². The molecule has 0 N–H and O–H groups in total. The Morgan fingerprint density at radius 2 is 1.66 bits per heavy atom. The highest BCUT2D eigenvalue weighted by Gasteiger charge is 2.42. The average Bonchev–Trinajstić information content (AvgIpc) is 3.44. The second-order valence-corrected chi connectivity index (χ2v) is 8.56. The molecule has 0 amide bonds. The van der Waals surface area contributed by atoms with E-state index in [9.17, 15) is 18.0 Å². The molecule has 5 rings (SSSR count). The number of oxazole rings is 1. The van der Waals surface area contributed by atoms with Gasteiger partial charge in [0.1, 0.15) is 5.69 Å². The molecule has 0 aliphatic rings. The first-order valence-electron chi connectivity index (χ1n) is 10.3. The van der Waals surface area contributed by atoms with Crippen LogP contribution in [0.5, 0.6) is 0 Å². The fraction of sp³-hybridized carbons (Fsp3) is 0.0800. The quantitative estimate of drug-likeness (QED) is 0.230. The minimum Gasteiger partial charge on any atom is -0.433 e. The first-order chi connectivity index (χ1) is 16.7. The van der Waals surface area contributed by atoms with E-state index in [1.54, 1.807) is 36.4 Å². The molecular weight excluding hydrogens is 502 g/mol. The molecule has 2 aromatic carbocycles. The van der Waals surface area contributed by atoms with Gasteiger partial charge in [0, 0.05) is 45.5 Å². The van der Waals surface area contributed by atoms with Gasteiger partial charge in [0.15, 0.2) is 5.76 Å². The predicted molar refractivity (Wildman–Crippen MR) is 126 cm³/mol. The van der Waals surface area contributed by atoms with Crippen LogP contribution in [-0.4, -0.2) is 20.3 Å². The van der Waals surface area contributed by atoms with E-state index in [0.717, 1.165) is 4.57 Å². The molecule has 3 aromatic heterocycles. The summed E-state index contributed by atoms with van der Waals surface area (Å²) in [6, 6.07) is 14.0. The van der Waals surface area contributed by atoms with Crippen molar-refractivity contribution in [3.05, 3.63) is 106 Å². The van der Waals surface area contributed by atoms with Gasteiger partial charge in [-0.2, -0.15) is 13.2 Å². The molecule has 0 fully saturated rings. The van der Waals surface area contributed by atoms with E-state index in [1.807, 2.05) is 0 Å². The van der Waals surface area contributed by atoms with Crippen LogP contribution < -0.4 is 0 Å². The molecule has 0 aliphatic heterocycles. The highest BCUT2D eigenvalue weighted by Crippen LogP contribution is 2.40. The molecule has 5 nitrogen and oxygen atoms in total. The van der Waals surface area contributed by atoms with Crippen LogP contribution in [0.25, 0.3) is 22.2 Å². The Labute approximate surface area is 206 Å². The molecule has 0 saturated heterocycles. The molecule has 0 bridgehead atoms. The van der Waals surface area contributed by atoms with E-state index in [2.05, 4.69) is 9.97 Å². The van der Waals surface area contributed by atoms with Gasteiger partial charge < -0.3 is 8.98 Å². The number of pyridine rings is 1. The van der Waals surface area contributed by atoms with Crippen molar-refractivity contribution in [1.82, 2.24) is 14.5 Å². The van der Waals surface area contributed by atoms with E-state index >= 15 is 0 Å². The van der Waals surface area contributed by atoms with Gasteiger partial charge in [-0.05, 0) is 48.0 Å². The molecule has 0 aliphatic carbocycles. The SMILES string of the molecule is O=C(c1ncc(-c2ccncc2)o1)c1c(C(F)(F)F)n(Cc2ccc(Cl)cc2)c2ccc(Cl)cc12. The summed E-state index contributed by atoms with van der Waals surface area (Å²) in [6.45, 7) is -0.148. The second kappa shape index (κ2) is 8.87. The van der Waals surface area contributed by atoms with Crippen molar-refractivity contribution in [3.8, 4) is 11.3 Å². The van der Waals surface area contributed by atoms with Crippen molar-refractivity contribution >= 4 is 39.9 Å². The van der Waals surface area contributed by atoms with Crippen LogP contribution in [0.15, 0.2) is 77.6 Å². The highest BCUT2D eigenvalue weighted by atomic mass is 35.5. The van der Waals surface area contributed by atoms with E-state index in [0.29, 0.717) is 16.1 Å². The van der Waals surface area contributed by atoms with E-state index in [-0.39, 0.29) is 28.2 Å². The van der Waals surface area contributed by atoms with Crippen molar-refractivity contribution in [2.24, 2.45) is 0 Å². The third-order valence-electron chi connectivity index (χ3n) is 5.44. The lowest BCUT2D eigenvalue weighted by molar-refractivity contribution is -0.143. The smallest absolute Gasteiger partial charge is 0.432 e. The molecule has 0 spiro atoms. The Morgan fingerprint density at radius 3 is 2.34 bits per heavy atom. The third kappa shape index (κ3) is 4.42. The van der Waals surface area contributed by atoms with Crippen LogP contribution in [0.4, 0.5) is 13.2 Å². The molecule has 0 atom stereocenters. The number of hydrogen-bond donors (Lipinski definition) is 0. The molecule has 0 radical (unpaired) electrons. The maximum Gasteiger partial charge on any atom is 0.432 e. The van der Waals surface area contributed by atoms with Gasteiger partial charge in [-0.15, -0.1) is 0 Å². The summed E-state index contributed by atoms with van der Waals surface area (Å²) in [4.78, 5) is 21.3. The van der Waals surface area contributed by atoms with Gasteiger partial charge >= 0.3 is 6.18 Å². The van der Waals surface area contributed by atoms with Gasteiger partial charge in [0.05, 0.1) is 11.8 Å². The molecule has 5 aromatic rings. The summed E-state index contributed by atoms with van der Waals surface area (Å²) >= 11 is 12.0. The summed E-state index contributed by atoms with van der Waals surface area (Å²) < 4.78 is 50.0. The van der Waals surface area contributed by atoms with Gasteiger partial charge in [-0.3, -0.25) is 9.78 Å². The van der Waals surface area contributed by atoms with Crippen LogP contribution in [0.2, 0.25) is 10.0 Å². The maximum atomic E-state index is 14.5. The topological polar surface area (TPSA) is 60.9 Å². The van der Waals surface area contributed by atoms with E-state index < -0.39 is 29.1 Å². The van der Waals surface area contributed by atoms with Crippen LogP contribution in [0, 0.1) is 0 Å². The molecule has 10 heteroatoms. The first kappa shape index (κ1) is 23.1. The summed E-state index contributed by atoms with van der Waals surface area (Å²) in [5.74, 6) is -1.24. The monoisotopic (exact) mass is 515 g/mol. The second-order valence-electron chi connectivity index (χ2n) is 7.69. The van der Waals surface area contributed by atoms with E-state index in [1.165, 1.54) is 36.8 Å². The standard InChI is InChI=1S/C25H14Cl2F3N3O2/c26-16-3-1-14(2-4-16)13-33-19-6-5-17(27)11-18(19)21(23(33)25(28,29)30)22(34)24-32-12-20(35-24)15-7-9-31-10-8-15/h1-12H,13H2. The number of rotatable bonds is 5. The zero-order valence-electron chi connectivity index (χ0n) is 17.7. The van der Waals surface area contributed by atoms with Crippen LogP contribution in [-0.2, 0) is 12.7 Å². The van der Waals surface area contributed by atoms with E-state index in [4.69, 9.17) is 27.6 Å². The Bertz CT molecular complexity index is 1540. The zero-order chi connectivity index (χ0) is 24.7. The number of carbonyl (C=O) groups is 1. The largest absolute Gasteiger partial charge is 0.433 e. The summed E-state index contributed by atoms with van der Waals surface area (Å²) in [5.41, 5.74) is -0.343. The van der Waals surface area contributed by atoms with Crippen molar-refractivity contribution in [1.29, 1.82) is 0 Å². The molecule has 0 unspecified atom stereocenters. The summed E-state index contributed by atoms with van der Waals surface area (Å²) in [6.07, 6.45) is -0.528. The number of halogens is 5. The molecule has 3 heterocycles. The zero-order valence-corrected chi connectivity index (χ0v) is 19.2. The summed E-state index contributed by atoms with van der Waals surface area (Å²) in [5, 5.41) is 0.694. The number of carbonyl (C=O) groups excluding carboxylic acids is 1. The Morgan fingerprint density at radius 1 is 0.971 bits per heavy atom. The van der Waals surface area contributed by atoms with Crippen molar-refractivity contribution in [2.75, 3.05) is 0 Å². The number of fused-ring (bicyclic) bond motifs is 1. The first-order valence-corrected chi connectivity index (χ1v) is 11.0. The number of nitrogens with zero attached hydrogens (tertiary/aromatic N) is 3. The average molecular weight is 516 g/mol. The van der Waals surface area contributed by atoms with Crippen LogP contribution in [0.3, 0.4) is 0 Å². The van der Waals surface area contributed by atoms with Gasteiger partial charge in [0.2, 0.25) is 0 Å². The van der Waals surface area contributed by atoms with Crippen molar-refractivity contribution < 1.29 is 22.4 Å². The number of benzene rings is 2. The number of hydrogen-bond acceptors (Lipinski definition) is 4. The minimum atomic E-state index is -4.86. The fourth-order valence-corrected chi connectivity index (χ4v) is 4.22. The molecule has 0 saturated carbocycles. The van der Waals surface area contributed by atoms with Gasteiger partial charge in [0.25, 0.3) is 11.7 Å². The molecule has 35 heavy (non-hydrogen) atoms. The van der Waals surface area contributed by atoms with Crippen molar-refractivity contribution in [3.63, 3.8) is 0 Å². The number of alkyl halides is 3. The predicted octanol–water partition coefficient (Wildman–Crippen LogP) is 7.30. The number of aromatic nitrogens is 3. The maximum absolute atomic E-state index is 14.5. The Kier molecular flexibility index (Phi) is 5.86. The minimum absolute atomic E-state index is 0.0486. The van der Waals surface area contributed by atoms with Gasteiger partial charge in [-0.25, -0.2) is 4.98 Å². The van der Waals surface area contributed by atoms with Crippen molar-refractivity contribution in [2.45, 2.75) is 12.7 Å². The molecule has 176 valence electrons.